The first-order valence-electron chi connectivity index (χ1n) is 8.34. The average Bonchev–Trinajstić information content (AvgIpc) is 3.06. The second-order valence-electron chi connectivity index (χ2n) is 5.73. The quantitative estimate of drug-likeness (QED) is 0.625. The Kier molecular flexibility index (Phi) is 5.88. The molecular formula is C21H20N2O3S. The van der Waals surface area contributed by atoms with Crippen LogP contribution in [0.15, 0.2) is 54.6 Å². The molecular weight excluding hydrogens is 360 g/mol. The molecule has 0 aliphatic rings. The summed E-state index contributed by atoms with van der Waals surface area (Å²) in [6.07, 6.45) is 3.19. The van der Waals surface area contributed by atoms with Gasteiger partial charge in [-0.15, -0.1) is 11.3 Å². The van der Waals surface area contributed by atoms with Crippen LogP contribution in [0.5, 0.6) is 11.5 Å². The topological polar surface area (TPSA) is 60.5 Å². The van der Waals surface area contributed by atoms with Crippen molar-refractivity contribution in [1.29, 1.82) is 0 Å². The van der Waals surface area contributed by atoms with Gasteiger partial charge in [-0.25, -0.2) is 4.98 Å². The standard InChI is InChI=1S/C21H20N2O3S/c1-14-20(16-7-5-4-6-8-16)23-21(27-14)22-19(24)12-10-15-9-11-17(25-2)18(13-15)26-3/h4-13H,1-3H3,(H,22,23,24)/b12-10+. The molecule has 3 rings (SSSR count). The van der Waals surface area contributed by atoms with Crippen LogP contribution < -0.4 is 14.8 Å². The largest absolute Gasteiger partial charge is 0.493 e. The lowest BCUT2D eigenvalue weighted by Crippen LogP contribution is -2.07. The summed E-state index contributed by atoms with van der Waals surface area (Å²) in [7, 11) is 3.16. The van der Waals surface area contributed by atoms with Gasteiger partial charge in [-0.1, -0.05) is 36.4 Å². The third kappa shape index (κ3) is 4.54. The zero-order valence-electron chi connectivity index (χ0n) is 15.4. The summed E-state index contributed by atoms with van der Waals surface area (Å²) in [5, 5.41) is 3.40. The lowest BCUT2D eigenvalue weighted by Gasteiger charge is -2.07. The number of anilines is 1. The Bertz CT molecular complexity index is 965. The Morgan fingerprint density at radius 2 is 1.81 bits per heavy atom. The fourth-order valence-corrected chi connectivity index (χ4v) is 3.43. The normalized spacial score (nSPS) is 10.8. The molecule has 3 aromatic rings. The molecule has 0 atom stereocenters. The maximum absolute atomic E-state index is 12.2. The Labute approximate surface area is 162 Å². The van der Waals surface area contributed by atoms with E-state index in [9.17, 15) is 4.79 Å². The summed E-state index contributed by atoms with van der Waals surface area (Å²) in [5.41, 5.74) is 2.76. The molecule has 0 aliphatic carbocycles. The van der Waals surface area contributed by atoms with Gasteiger partial charge in [0, 0.05) is 16.5 Å². The van der Waals surface area contributed by atoms with E-state index >= 15 is 0 Å². The number of aromatic nitrogens is 1. The third-order valence-corrected chi connectivity index (χ3v) is 4.79. The number of aryl methyl sites for hydroxylation is 1. The zero-order chi connectivity index (χ0) is 19.2. The SMILES string of the molecule is COc1ccc(/C=C/C(=O)Nc2nc(-c3ccccc3)c(C)s2)cc1OC. The summed E-state index contributed by atoms with van der Waals surface area (Å²) >= 11 is 1.46. The minimum Gasteiger partial charge on any atom is -0.493 e. The molecule has 27 heavy (non-hydrogen) atoms. The van der Waals surface area contributed by atoms with Gasteiger partial charge in [-0.05, 0) is 30.7 Å². The van der Waals surface area contributed by atoms with E-state index in [4.69, 9.17) is 9.47 Å². The smallest absolute Gasteiger partial charge is 0.250 e. The second-order valence-corrected chi connectivity index (χ2v) is 6.93. The highest BCUT2D eigenvalue weighted by atomic mass is 32.1. The molecule has 0 saturated heterocycles. The second kappa shape index (κ2) is 8.51. The highest BCUT2D eigenvalue weighted by molar-refractivity contribution is 7.16. The van der Waals surface area contributed by atoms with Crippen molar-refractivity contribution in [2.75, 3.05) is 19.5 Å². The van der Waals surface area contributed by atoms with Crippen LogP contribution in [-0.2, 0) is 4.79 Å². The van der Waals surface area contributed by atoms with Gasteiger partial charge in [0.15, 0.2) is 16.6 Å². The number of methoxy groups -OCH3 is 2. The predicted octanol–water partition coefficient (Wildman–Crippen LogP) is 4.79. The molecule has 5 nitrogen and oxygen atoms in total. The average molecular weight is 380 g/mol. The predicted molar refractivity (Wildman–Crippen MR) is 109 cm³/mol. The van der Waals surface area contributed by atoms with Crippen LogP contribution in [0.2, 0.25) is 0 Å². The molecule has 0 spiro atoms. The van der Waals surface area contributed by atoms with Gasteiger partial charge in [-0.2, -0.15) is 0 Å². The van der Waals surface area contributed by atoms with E-state index in [0.29, 0.717) is 16.6 Å². The summed E-state index contributed by atoms with van der Waals surface area (Å²) in [4.78, 5) is 17.8. The van der Waals surface area contributed by atoms with Gasteiger partial charge in [0.2, 0.25) is 5.91 Å². The maximum atomic E-state index is 12.2. The fourth-order valence-electron chi connectivity index (χ4n) is 2.59. The zero-order valence-corrected chi connectivity index (χ0v) is 16.2. The first-order chi connectivity index (χ1) is 13.1. The van der Waals surface area contributed by atoms with Crippen molar-refractivity contribution in [2.24, 2.45) is 0 Å². The van der Waals surface area contributed by atoms with E-state index in [-0.39, 0.29) is 5.91 Å². The molecule has 0 saturated carbocycles. The highest BCUT2D eigenvalue weighted by Gasteiger charge is 2.11. The van der Waals surface area contributed by atoms with E-state index in [0.717, 1.165) is 21.7 Å². The van der Waals surface area contributed by atoms with Crippen LogP contribution in [0, 0.1) is 6.92 Å². The molecule has 0 fully saturated rings. The van der Waals surface area contributed by atoms with Crippen molar-refractivity contribution >= 4 is 28.5 Å². The first-order valence-corrected chi connectivity index (χ1v) is 9.16. The summed E-state index contributed by atoms with van der Waals surface area (Å²) in [6.45, 7) is 2.00. The molecule has 1 aromatic heterocycles. The van der Waals surface area contributed by atoms with Crippen molar-refractivity contribution in [3.05, 3.63) is 65.0 Å². The minimum absolute atomic E-state index is 0.238. The van der Waals surface area contributed by atoms with Crippen LogP contribution in [0.3, 0.4) is 0 Å². The van der Waals surface area contributed by atoms with E-state index in [1.165, 1.54) is 17.4 Å². The van der Waals surface area contributed by atoms with Crippen LogP contribution >= 0.6 is 11.3 Å². The molecule has 1 amide bonds. The Balaban J connectivity index is 1.70. The van der Waals surface area contributed by atoms with Crippen molar-refractivity contribution in [3.8, 4) is 22.8 Å². The van der Waals surface area contributed by atoms with Crippen molar-refractivity contribution in [3.63, 3.8) is 0 Å². The number of amides is 1. The maximum Gasteiger partial charge on any atom is 0.250 e. The van der Waals surface area contributed by atoms with Crippen molar-refractivity contribution in [2.45, 2.75) is 6.92 Å². The van der Waals surface area contributed by atoms with Gasteiger partial charge in [0.1, 0.15) is 0 Å². The number of carbonyl (C=O) groups excluding carboxylic acids is 1. The third-order valence-electron chi connectivity index (χ3n) is 3.91. The van der Waals surface area contributed by atoms with Gasteiger partial charge in [-0.3, -0.25) is 10.1 Å². The lowest BCUT2D eigenvalue weighted by atomic mass is 10.1. The minimum atomic E-state index is -0.238. The van der Waals surface area contributed by atoms with E-state index in [1.807, 2.05) is 49.4 Å². The number of thiazole rings is 1. The lowest BCUT2D eigenvalue weighted by molar-refractivity contribution is -0.111. The van der Waals surface area contributed by atoms with Crippen molar-refractivity contribution in [1.82, 2.24) is 4.98 Å². The van der Waals surface area contributed by atoms with E-state index in [1.54, 1.807) is 26.4 Å². The van der Waals surface area contributed by atoms with Gasteiger partial charge in [0.05, 0.1) is 19.9 Å². The molecule has 0 radical (unpaired) electrons. The summed E-state index contributed by atoms with van der Waals surface area (Å²) < 4.78 is 10.5. The molecule has 0 aliphatic heterocycles. The first kappa shape index (κ1) is 18.7. The number of hydrogen-bond acceptors (Lipinski definition) is 5. The Morgan fingerprint density at radius 3 is 2.52 bits per heavy atom. The highest BCUT2D eigenvalue weighted by Crippen LogP contribution is 2.30. The number of nitrogens with zero attached hydrogens (tertiary/aromatic N) is 1. The molecule has 2 aromatic carbocycles. The summed E-state index contributed by atoms with van der Waals surface area (Å²) in [6, 6.07) is 15.4. The Morgan fingerprint density at radius 1 is 1.07 bits per heavy atom. The molecule has 138 valence electrons. The number of hydrogen-bond donors (Lipinski definition) is 1. The molecule has 0 unspecified atom stereocenters. The van der Waals surface area contributed by atoms with Crippen molar-refractivity contribution < 1.29 is 14.3 Å². The van der Waals surface area contributed by atoms with Gasteiger partial charge in [0.25, 0.3) is 0 Å². The number of benzene rings is 2. The Hall–Kier alpha value is -3.12. The molecule has 1 N–H and O–H groups in total. The molecule has 6 heteroatoms. The molecule has 1 heterocycles. The van der Waals surface area contributed by atoms with E-state index < -0.39 is 0 Å². The number of rotatable bonds is 6. The van der Waals surface area contributed by atoms with Crippen LogP contribution in [-0.4, -0.2) is 25.1 Å². The van der Waals surface area contributed by atoms with Gasteiger partial charge >= 0.3 is 0 Å². The van der Waals surface area contributed by atoms with Crippen LogP contribution in [0.4, 0.5) is 5.13 Å². The number of ether oxygens (including phenoxy) is 2. The van der Waals surface area contributed by atoms with Gasteiger partial charge < -0.3 is 9.47 Å². The van der Waals surface area contributed by atoms with Crippen LogP contribution in [0.25, 0.3) is 17.3 Å². The van der Waals surface area contributed by atoms with E-state index in [2.05, 4.69) is 10.3 Å². The summed E-state index contributed by atoms with van der Waals surface area (Å²) in [5.74, 6) is 1.02. The monoisotopic (exact) mass is 380 g/mol. The molecule has 0 bridgehead atoms. The number of carbonyl (C=O) groups is 1. The van der Waals surface area contributed by atoms with Crippen LogP contribution in [0.1, 0.15) is 10.4 Å². The number of nitrogens with one attached hydrogen (secondary N) is 1. The fraction of sp³-hybridized carbons (Fsp3) is 0.143.